The van der Waals surface area contributed by atoms with Crippen LogP contribution in [0.2, 0.25) is 5.02 Å². The number of fused-ring (bicyclic) bond motifs is 2. The summed E-state index contributed by atoms with van der Waals surface area (Å²) in [7, 11) is 0. The molecule has 1 amide bonds. The van der Waals surface area contributed by atoms with E-state index in [0.717, 1.165) is 14.7 Å². The maximum atomic E-state index is 13.3. The van der Waals surface area contributed by atoms with Crippen molar-refractivity contribution in [3.05, 3.63) is 104 Å². The number of carbonyl (C=O) groups is 1. The second-order valence-electron chi connectivity index (χ2n) is 6.99. The van der Waals surface area contributed by atoms with E-state index < -0.39 is 5.91 Å². The molecule has 6 nitrogen and oxygen atoms in total. The number of halogens is 2. The van der Waals surface area contributed by atoms with E-state index in [2.05, 4.69) is 26.0 Å². The third kappa shape index (κ3) is 4.32. The van der Waals surface area contributed by atoms with Crippen molar-refractivity contribution >= 4 is 77.3 Å². The SMILES string of the molecule is O=C(c1ccc(Cl)cc1)N(/N=C/c1coc2ccccc2c1=O)c1nc2ccc(Br)cc2s1. The first-order valence-electron chi connectivity index (χ1n) is 9.70. The van der Waals surface area contributed by atoms with E-state index in [1.807, 2.05) is 18.2 Å². The molecule has 33 heavy (non-hydrogen) atoms. The molecule has 2 aromatic heterocycles. The molecule has 3 aromatic carbocycles. The summed E-state index contributed by atoms with van der Waals surface area (Å²) < 4.78 is 7.34. The zero-order valence-corrected chi connectivity index (χ0v) is 19.9. The number of nitrogens with zero attached hydrogens (tertiary/aromatic N) is 3. The van der Waals surface area contributed by atoms with E-state index in [0.29, 0.717) is 26.7 Å². The van der Waals surface area contributed by atoms with Crippen LogP contribution in [0.5, 0.6) is 0 Å². The minimum Gasteiger partial charge on any atom is -0.463 e. The maximum Gasteiger partial charge on any atom is 0.280 e. The number of benzene rings is 3. The molecule has 0 spiro atoms. The molecule has 2 heterocycles. The first-order chi connectivity index (χ1) is 16.0. The number of hydrogen-bond donors (Lipinski definition) is 0. The summed E-state index contributed by atoms with van der Waals surface area (Å²) in [6, 6.07) is 19.1. The molecule has 5 aromatic rings. The highest BCUT2D eigenvalue weighted by atomic mass is 79.9. The normalized spacial score (nSPS) is 11.5. The van der Waals surface area contributed by atoms with E-state index in [4.69, 9.17) is 16.0 Å². The van der Waals surface area contributed by atoms with E-state index >= 15 is 0 Å². The Morgan fingerprint density at radius 3 is 2.73 bits per heavy atom. The number of rotatable bonds is 4. The Labute approximate surface area is 204 Å². The number of para-hydroxylation sites is 1. The van der Waals surface area contributed by atoms with Gasteiger partial charge in [-0.05, 0) is 54.6 Å². The fraction of sp³-hybridized carbons (Fsp3) is 0. The molecule has 0 aliphatic rings. The molecule has 0 radical (unpaired) electrons. The number of hydrazone groups is 1. The highest BCUT2D eigenvalue weighted by molar-refractivity contribution is 9.10. The molecular weight excluding hydrogens is 526 g/mol. The number of thiazole rings is 1. The van der Waals surface area contributed by atoms with Gasteiger partial charge in [-0.15, -0.1) is 0 Å². The van der Waals surface area contributed by atoms with Crippen molar-refractivity contribution in [1.29, 1.82) is 0 Å². The lowest BCUT2D eigenvalue weighted by molar-refractivity contribution is 0.0988. The van der Waals surface area contributed by atoms with Crippen LogP contribution in [-0.2, 0) is 0 Å². The molecule has 0 fully saturated rings. The molecule has 0 atom stereocenters. The van der Waals surface area contributed by atoms with Gasteiger partial charge in [0.05, 0.1) is 27.4 Å². The van der Waals surface area contributed by atoms with E-state index in [-0.39, 0.29) is 11.0 Å². The largest absolute Gasteiger partial charge is 0.463 e. The van der Waals surface area contributed by atoms with Gasteiger partial charge in [0, 0.05) is 15.1 Å². The minimum absolute atomic E-state index is 0.214. The standard InChI is InChI=1S/C24H13BrClN3O3S/c25-16-7-10-19-21(11-16)33-24(28-19)29(23(31)14-5-8-17(26)9-6-14)27-12-15-13-32-20-4-2-1-3-18(20)22(15)30/h1-13H/b27-12+. The fourth-order valence-electron chi connectivity index (χ4n) is 3.18. The Hall–Kier alpha value is -3.33. The molecule has 0 aliphatic carbocycles. The van der Waals surface area contributed by atoms with Gasteiger partial charge in [0.15, 0.2) is 0 Å². The van der Waals surface area contributed by atoms with Crippen LogP contribution >= 0.6 is 38.9 Å². The number of carbonyl (C=O) groups excluding carboxylic acids is 1. The Morgan fingerprint density at radius 2 is 1.91 bits per heavy atom. The van der Waals surface area contributed by atoms with Crippen molar-refractivity contribution in [2.24, 2.45) is 5.10 Å². The van der Waals surface area contributed by atoms with Crippen molar-refractivity contribution in [3.63, 3.8) is 0 Å². The van der Waals surface area contributed by atoms with Crippen LogP contribution < -0.4 is 10.4 Å². The topological polar surface area (TPSA) is 75.8 Å². The van der Waals surface area contributed by atoms with Gasteiger partial charge in [0.25, 0.3) is 5.91 Å². The molecule has 0 saturated carbocycles. The fourth-order valence-corrected chi connectivity index (χ4v) is 4.78. The Kier molecular flexibility index (Phi) is 5.80. The number of aromatic nitrogens is 1. The molecule has 5 rings (SSSR count). The lowest BCUT2D eigenvalue weighted by Gasteiger charge is -2.13. The number of hydrogen-bond acceptors (Lipinski definition) is 6. The first-order valence-corrected chi connectivity index (χ1v) is 11.7. The summed E-state index contributed by atoms with van der Waals surface area (Å²) in [5.41, 5.74) is 1.56. The Balaban J connectivity index is 1.60. The van der Waals surface area contributed by atoms with Gasteiger partial charge in [0.2, 0.25) is 10.6 Å². The minimum atomic E-state index is -0.411. The van der Waals surface area contributed by atoms with Gasteiger partial charge < -0.3 is 4.42 Å². The van der Waals surface area contributed by atoms with Crippen LogP contribution in [0.15, 0.2) is 91.8 Å². The third-order valence-corrected chi connectivity index (χ3v) is 6.56. The average Bonchev–Trinajstić information content (AvgIpc) is 3.24. The van der Waals surface area contributed by atoms with Crippen LogP contribution in [-0.4, -0.2) is 17.1 Å². The predicted octanol–water partition coefficient (Wildman–Crippen LogP) is 6.50. The summed E-state index contributed by atoms with van der Waals surface area (Å²) >= 11 is 10.7. The van der Waals surface area contributed by atoms with Crippen LogP contribution in [0.25, 0.3) is 21.2 Å². The summed E-state index contributed by atoms with van der Waals surface area (Å²) in [6.45, 7) is 0. The van der Waals surface area contributed by atoms with Crippen molar-refractivity contribution in [1.82, 2.24) is 4.98 Å². The predicted molar refractivity (Wildman–Crippen MR) is 136 cm³/mol. The molecule has 0 N–H and O–H groups in total. The van der Waals surface area contributed by atoms with Crippen molar-refractivity contribution < 1.29 is 9.21 Å². The quantitative estimate of drug-likeness (QED) is 0.193. The zero-order chi connectivity index (χ0) is 22.9. The van der Waals surface area contributed by atoms with E-state index in [1.54, 1.807) is 48.5 Å². The van der Waals surface area contributed by atoms with Gasteiger partial charge >= 0.3 is 0 Å². The second-order valence-corrected chi connectivity index (χ2v) is 9.35. The number of amides is 1. The second kappa shape index (κ2) is 8.90. The van der Waals surface area contributed by atoms with Crippen LogP contribution in [0.3, 0.4) is 0 Å². The van der Waals surface area contributed by atoms with Gasteiger partial charge in [-0.25, -0.2) is 4.98 Å². The molecule has 0 saturated heterocycles. The van der Waals surface area contributed by atoms with Crippen LogP contribution in [0.1, 0.15) is 15.9 Å². The average molecular weight is 539 g/mol. The zero-order valence-electron chi connectivity index (χ0n) is 16.7. The molecule has 0 bridgehead atoms. The lowest BCUT2D eigenvalue weighted by atomic mass is 10.2. The molecule has 9 heteroatoms. The number of anilines is 1. The first kappa shape index (κ1) is 21.5. The van der Waals surface area contributed by atoms with Crippen molar-refractivity contribution in [3.8, 4) is 0 Å². The van der Waals surface area contributed by atoms with Gasteiger partial charge in [-0.3, -0.25) is 9.59 Å². The monoisotopic (exact) mass is 537 g/mol. The smallest absolute Gasteiger partial charge is 0.280 e. The summed E-state index contributed by atoms with van der Waals surface area (Å²) in [5.74, 6) is -0.411. The van der Waals surface area contributed by atoms with Gasteiger partial charge in [0.1, 0.15) is 11.8 Å². The van der Waals surface area contributed by atoms with Crippen LogP contribution in [0.4, 0.5) is 5.13 Å². The van der Waals surface area contributed by atoms with Crippen molar-refractivity contribution in [2.75, 3.05) is 5.01 Å². The van der Waals surface area contributed by atoms with Crippen LogP contribution in [0, 0.1) is 0 Å². The highest BCUT2D eigenvalue weighted by Gasteiger charge is 2.21. The lowest BCUT2D eigenvalue weighted by Crippen LogP contribution is -2.26. The van der Waals surface area contributed by atoms with Gasteiger partial charge in [-0.2, -0.15) is 10.1 Å². The molecule has 0 aliphatic heterocycles. The van der Waals surface area contributed by atoms with E-state index in [1.165, 1.54) is 28.8 Å². The van der Waals surface area contributed by atoms with Crippen molar-refractivity contribution in [2.45, 2.75) is 0 Å². The third-order valence-electron chi connectivity index (χ3n) is 4.82. The maximum absolute atomic E-state index is 13.3. The molecule has 162 valence electrons. The van der Waals surface area contributed by atoms with E-state index in [9.17, 15) is 9.59 Å². The Morgan fingerprint density at radius 1 is 1.12 bits per heavy atom. The van der Waals surface area contributed by atoms with Gasteiger partial charge in [-0.1, -0.05) is 51.0 Å². The summed E-state index contributed by atoms with van der Waals surface area (Å²) in [6.07, 6.45) is 2.64. The molecule has 0 unspecified atom stereocenters. The summed E-state index contributed by atoms with van der Waals surface area (Å²) in [5, 5.41) is 6.84. The molecular formula is C24H13BrClN3O3S. The Bertz CT molecular complexity index is 1590. The highest BCUT2D eigenvalue weighted by Crippen LogP contribution is 2.32. The summed E-state index contributed by atoms with van der Waals surface area (Å²) in [4.78, 5) is 30.8.